The maximum atomic E-state index is 3.68. The first kappa shape index (κ1) is 12.4. The van der Waals surface area contributed by atoms with E-state index < -0.39 is 0 Å². The average molecular weight is 224 g/mol. The second-order valence-corrected chi connectivity index (χ2v) is 6.25. The molecule has 1 N–H and O–H groups in total. The number of rotatable bonds is 3. The first-order chi connectivity index (χ1) is 7.66. The van der Waals surface area contributed by atoms with Gasteiger partial charge in [0.1, 0.15) is 0 Å². The Kier molecular flexibility index (Phi) is 4.26. The molecule has 3 atom stereocenters. The van der Waals surface area contributed by atoms with Gasteiger partial charge in [0.15, 0.2) is 0 Å². The van der Waals surface area contributed by atoms with Gasteiger partial charge in [0.2, 0.25) is 0 Å². The normalized spacial score (nSPS) is 37.1. The Morgan fingerprint density at radius 1 is 1.31 bits per heavy atom. The standard InChI is InChI=1S/C14H28N2/c1-11(2)9-13-10-16(8-7-15-13)14-6-4-5-12(14)3/h11-15H,4-10H2,1-3H3. The van der Waals surface area contributed by atoms with Gasteiger partial charge in [-0.25, -0.2) is 0 Å². The molecule has 0 radical (unpaired) electrons. The van der Waals surface area contributed by atoms with Gasteiger partial charge >= 0.3 is 0 Å². The molecule has 3 unspecified atom stereocenters. The van der Waals surface area contributed by atoms with Crippen molar-refractivity contribution in [1.29, 1.82) is 0 Å². The Bertz CT molecular complexity index is 215. The van der Waals surface area contributed by atoms with Crippen LogP contribution in [0, 0.1) is 11.8 Å². The SMILES string of the molecule is CC(C)CC1CN(C2CCCC2C)CCN1. The monoisotopic (exact) mass is 224 g/mol. The van der Waals surface area contributed by atoms with Gasteiger partial charge in [0.05, 0.1) is 0 Å². The van der Waals surface area contributed by atoms with E-state index in [1.807, 2.05) is 0 Å². The Hall–Kier alpha value is -0.0800. The summed E-state index contributed by atoms with van der Waals surface area (Å²) in [5, 5.41) is 3.68. The van der Waals surface area contributed by atoms with Gasteiger partial charge in [0, 0.05) is 31.7 Å². The summed E-state index contributed by atoms with van der Waals surface area (Å²) < 4.78 is 0. The topological polar surface area (TPSA) is 15.3 Å². The lowest BCUT2D eigenvalue weighted by molar-refractivity contribution is 0.115. The summed E-state index contributed by atoms with van der Waals surface area (Å²) in [6, 6.07) is 1.62. The predicted molar refractivity (Wildman–Crippen MR) is 69.6 cm³/mol. The molecule has 1 aliphatic carbocycles. The molecular formula is C14H28N2. The highest BCUT2D eigenvalue weighted by Crippen LogP contribution is 2.30. The summed E-state index contributed by atoms with van der Waals surface area (Å²) in [5.74, 6) is 1.75. The fraction of sp³-hybridized carbons (Fsp3) is 1.00. The van der Waals surface area contributed by atoms with Crippen molar-refractivity contribution in [1.82, 2.24) is 10.2 Å². The molecule has 1 aliphatic heterocycles. The molecule has 1 saturated heterocycles. The fourth-order valence-corrected chi connectivity index (χ4v) is 3.55. The minimum Gasteiger partial charge on any atom is -0.311 e. The molecule has 94 valence electrons. The van der Waals surface area contributed by atoms with E-state index in [1.54, 1.807) is 0 Å². The van der Waals surface area contributed by atoms with Crippen LogP contribution in [0.5, 0.6) is 0 Å². The summed E-state index contributed by atoms with van der Waals surface area (Å²) in [4.78, 5) is 2.77. The smallest absolute Gasteiger partial charge is 0.0198 e. The Morgan fingerprint density at radius 2 is 2.12 bits per heavy atom. The van der Waals surface area contributed by atoms with Crippen LogP contribution in [0.1, 0.15) is 46.5 Å². The maximum absolute atomic E-state index is 3.68. The first-order valence-electron chi connectivity index (χ1n) is 7.14. The lowest BCUT2D eigenvalue weighted by Crippen LogP contribution is -2.54. The van der Waals surface area contributed by atoms with Crippen LogP contribution < -0.4 is 5.32 Å². The number of hydrogen-bond acceptors (Lipinski definition) is 2. The van der Waals surface area contributed by atoms with Crippen molar-refractivity contribution in [3.8, 4) is 0 Å². The van der Waals surface area contributed by atoms with E-state index in [0.717, 1.165) is 23.9 Å². The van der Waals surface area contributed by atoms with Gasteiger partial charge < -0.3 is 5.32 Å². The van der Waals surface area contributed by atoms with Crippen LogP contribution in [0.4, 0.5) is 0 Å². The van der Waals surface area contributed by atoms with E-state index in [9.17, 15) is 0 Å². The molecule has 0 bridgehead atoms. The van der Waals surface area contributed by atoms with Crippen LogP contribution in [0.2, 0.25) is 0 Å². The van der Waals surface area contributed by atoms with Crippen molar-refractivity contribution in [3.05, 3.63) is 0 Å². The molecule has 0 amide bonds. The van der Waals surface area contributed by atoms with Gasteiger partial charge in [-0.05, 0) is 31.1 Å². The van der Waals surface area contributed by atoms with E-state index >= 15 is 0 Å². The highest BCUT2D eigenvalue weighted by Gasteiger charge is 2.31. The Morgan fingerprint density at radius 3 is 2.75 bits per heavy atom. The third-order valence-electron chi connectivity index (χ3n) is 4.33. The molecule has 2 fully saturated rings. The van der Waals surface area contributed by atoms with Crippen LogP contribution in [-0.4, -0.2) is 36.6 Å². The zero-order valence-corrected chi connectivity index (χ0v) is 11.2. The maximum Gasteiger partial charge on any atom is 0.0198 e. The molecule has 0 aromatic carbocycles. The summed E-state index contributed by atoms with van der Waals surface area (Å²) in [7, 11) is 0. The van der Waals surface area contributed by atoms with Gasteiger partial charge in [-0.2, -0.15) is 0 Å². The number of nitrogens with zero attached hydrogens (tertiary/aromatic N) is 1. The number of hydrogen-bond donors (Lipinski definition) is 1. The molecule has 2 rings (SSSR count). The van der Waals surface area contributed by atoms with Crippen molar-refractivity contribution in [3.63, 3.8) is 0 Å². The fourth-order valence-electron chi connectivity index (χ4n) is 3.55. The summed E-state index contributed by atoms with van der Waals surface area (Å²) in [6.45, 7) is 10.9. The second kappa shape index (κ2) is 5.50. The summed E-state index contributed by atoms with van der Waals surface area (Å²) in [5.41, 5.74) is 0. The zero-order chi connectivity index (χ0) is 11.5. The van der Waals surface area contributed by atoms with E-state index in [0.29, 0.717) is 0 Å². The quantitative estimate of drug-likeness (QED) is 0.792. The lowest BCUT2D eigenvalue weighted by atomic mass is 9.98. The van der Waals surface area contributed by atoms with Gasteiger partial charge in [-0.1, -0.05) is 27.2 Å². The van der Waals surface area contributed by atoms with Gasteiger partial charge in [0.25, 0.3) is 0 Å². The van der Waals surface area contributed by atoms with Crippen LogP contribution in [0.3, 0.4) is 0 Å². The summed E-state index contributed by atoms with van der Waals surface area (Å²) in [6.07, 6.45) is 5.67. The third kappa shape index (κ3) is 2.98. The molecule has 0 aromatic rings. The number of nitrogens with one attached hydrogen (secondary N) is 1. The van der Waals surface area contributed by atoms with Crippen molar-refractivity contribution >= 4 is 0 Å². The van der Waals surface area contributed by atoms with E-state index in [1.165, 1.54) is 45.3 Å². The van der Waals surface area contributed by atoms with Crippen LogP contribution in [0.25, 0.3) is 0 Å². The average Bonchev–Trinajstić information content (AvgIpc) is 2.64. The predicted octanol–water partition coefficient (Wildman–Crippen LogP) is 2.49. The van der Waals surface area contributed by atoms with E-state index in [2.05, 4.69) is 31.0 Å². The van der Waals surface area contributed by atoms with Crippen LogP contribution in [0.15, 0.2) is 0 Å². The van der Waals surface area contributed by atoms with Gasteiger partial charge in [-0.3, -0.25) is 4.90 Å². The molecule has 1 heterocycles. The highest BCUT2D eigenvalue weighted by atomic mass is 15.2. The largest absolute Gasteiger partial charge is 0.311 e. The molecule has 2 nitrogen and oxygen atoms in total. The molecule has 0 aromatic heterocycles. The molecule has 2 aliphatic rings. The zero-order valence-electron chi connectivity index (χ0n) is 11.2. The Labute approximate surface area is 101 Å². The van der Waals surface area contributed by atoms with E-state index in [4.69, 9.17) is 0 Å². The minimum absolute atomic E-state index is 0.738. The molecule has 2 heteroatoms. The molecule has 1 saturated carbocycles. The second-order valence-electron chi connectivity index (χ2n) is 6.25. The van der Waals surface area contributed by atoms with Crippen LogP contribution >= 0.6 is 0 Å². The first-order valence-corrected chi connectivity index (χ1v) is 7.14. The van der Waals surface area contributed by atoms with Crippen molar-refractivity contribution in [2.45, 2.75) is 58.5 Å². The molecular weight excluding hydrogens is 196 g/mol. The Balaban J connectivity index is 1.86. The lowest BCUT2D eigenvalue weighted by Gasteiger charge is -2.39. The van der Waals surface area contributed by atoms with E-state index in [-0.39, 0.29) is 0 Å². The molecule has 0 spiro atoms. The summed E-state index contributed by atoms with van der Waals surface area (Å²) >= 11 is 0. The van der Waals surface area contributed by atoms with Crippen molar-refractivity contribution < 1.29 is 0 Å². The molecule has 16 heavy (non-hydrogen) atoms. The minimum atomic E-state index is 0.738. The van der Waals surface area contributed by atoms with Gasteiger partial charge in [-0.15, -0.1) is 0 Å². The van der Waals surface area contributed by atoms with Crippen LogP contribution in [-0.2, 0) is 0 Å². The van der Waals surface area contributed by atoms with Crippen molar-refractivity contribution in [2.24, 2.45) is 11.8 Å². The highest BCUT2D eigenvalue weighted by molar-refractivity contribution is 4.88. The van der Waals surface area contributed by atoms with Crippen molar-refractivity contribution in [2.75, 3.05) is 19.6 Å². The third-order valence-corrected chi connectivity index (χ3v) is 4.33. The number of piperazine rings is 1.